The van der Waals surface area contributed by atoms with Gasteiger partial charge in [0.25, 0.3) is 0 Å². The first-order chi connectivity index (χ1) is 12.2. The van der Waals surface area contributed by atoms with Gasteiger partial charge in [-0.1, -0.05) is 54.6 Å². The first-order valence-corrected chi connectivity index (χ1v) is 8.90. The molecule has 1 aromatic carbocycles. The Bertz CT molecular complexity index is 565. The molecule has 136 valence electrons. The number of carbonyl (C=O) groups excluding carboxylic acids is 1. The maximum Gasteiger partial charge on any atom is 0.305 e. The van der Waals surface area contributed by atoms with Crippen molar-refractivity contribution in [3.05, 3.63) is 60.2 Å². The molecule has 25 heavy (non-hydrogen) atoms. The van der Waals surface area contributed by atoms with Crippen LogP contribution in [0.5, 0.6) is 0 Å². The lowest BCUT2D eigenvalue weighted by atomic mass is 9.91. The number of carbonyl (C=O) groups is 1. The van der Waals surface area contributed by atoms with Gasteiger partial charge in [0, 0.05) is 18.3 Å². The zero-order chi connectivity index (χ0) is 17.9. The van der Waals surface area contributed by atoms with Crippen molar-refractivity contribution >= 4 is 5.97 Å². The van der Waals surface area contributed by atoms with Crippen LogP contribution in [0.4, 0.5) is 0 Å². The van der Waals surface area contributed by atoms with E-state index in [0.29, 0.717) is 19.6 Å². The molecule has 4 nitrogen and oxygen atoms in total. The molecule has 0 aliphatic heterocycles. The molecule has 1 N–H and O–H groups in total. The van der Waals surface area contributed by atoms with E-state index in [1.54, 1.807) is 0 Å². The molecule has 0 unspecified atom stereocenters. The van der Waals surface area contributed by atoms with Gasteiger partial charge in [0.1, 0.15) is 0 Å². The van der Waals surface area contributed by atoms with Crippen LogP contribution in [0.1, 0.15) is 31.2 Å². The number of aliphatic hydroxyl groups is 1. The van der Waals surface area contributed by atoms with Crippen molar-refractivity contribution in [2.45, 2.75) is 38.4 Å². The van der Waals surface area contributed by atoms with Crippen molar-refractivity contribution in [3.63, 3.8) is 0 Å². The lowest BCUT2D eigenvalue weighted by molar-refractivity contribution is -0.140. The highest BCUT2D eigenvalue weighted by Crippen LogP contribution is 2.29. The summed E-state index contributed by atoms with van der Waals surface area (Å²) in [6.07, 6.45) is 10.6. The predicted molar refractivity (Wildman–Crippen MR) is 97.8 cm³/mol. The third-order valence-corrected chi connectivity index (χ3v) is 4.52. The van der Waals surface area contributed by atoms with Gasteiger partial charge in [0.15, 0.2) is 0 Å². The lowest BCUT2D eigenvalue weighted by Gasteiger charge is -2.21. The second-order valence-electron chi connectivity index (χ2n) is 6.38. The van der Waals surface area contributed by atoms with E-state index < -0.39 is 6.10 Å². The number of rotatable bonds is 10. The van der Waals surface area contributed by atoms with Gasteiger partial charge in [0.05, 0.1) is 26.4 Å². The zero-order valence-electron chi connectivity index (χ0n) is 14.8. The highest BCUT2D eigenvalue weighted by atomic mass is 16.5. The van der Waals surface area contributed by atoms with Gasteiger partial charge in [0.2, 0.25) is 0 Å². The molecule has 0 fully saturated rings. The third kappa shape index (κ3) is 6.85. The SMILES string of the molecule is COC(=O)CCCC=CC[C@@H]1[C@@H](COCc2ccccc2)C=C[C@@H]1O. The van der Waals surface area contributed by atoms with E-state index in [1.165, 1.54) is 7.11 Å². The minimum atomic E-state index is -0.412. The van der Waals surface area contributed by atoms with E-state index >= 15 is 0 Å². The predicted octanol–water partition coefficient (Wildman–Crippen LogP) is 3.66. The fraction of sp³-hybridized carbons (Fsp3) is 0.476. The van der Waals surface area contributed by atoms with Crippen LogP contribution >= 0.6 is 0 Å². The molecule has 0 spiro atoms. The topological polar surface area (TPSA) is 55.8 Å². The van der Waals surface area contributed by atoms with Gasteiger partial charge in [-0.3, -0.25) is 4.79 Å². The number of ether oxygens (including phenoxy) is 2. The van der Waals surface area contributed by atoms with Crippen LogP contribution < -0.4 is 0 Å². The van der Waals surface area contributed by atoms with Crippen LogP contribution in [0.3, 0.4) is 0 Å². The van der Waals surface area contributed by atoms with E-state index in [9.17, 15) is 9.90 Å². The molecule has 1 aliphatic carbocycles. The number of unbranched alkanes of at least 4 members (excludes halogenated alkanes) is 1. The quantitative estimate of drug-likeness (QED) is 0.400. The van der Waals surface area contributed by atoms with Crippen molar-refractivity contribution in [2.75, 3.05) is 13.7 Å². The molecule has 1 aromatic rings. The Morgan fingerprint density at radius 1 is 1.20 bits per heavy atom. The number of esters is 1. The molecule has 2 rings (SSSR count). The van der Waals surface area contributed by atoms with E-state index in [4.69, 9.17) is 4.74 Å². The first kappa shape index (κ1) is 19.4. The Balaban J connectivity index is 1.68. The largest absolute Gasteiger partial charge is 0.469 e. The van der Waals surface area contributed by atoms with Crippen molar-refractivity contribution in [1.29, 1.82) is 0 Å². The number of methoxy groups -OCH3 is 1. The van der Waals surface area contributed by atoms with Gasteiger partial charge < -0.3 is 14.6 Å². The van der Waals surface area contributed by atoms with E-state index in [1.807, 2.05) is 36.4 Å². The van der Waals surface area contributed by atoms with Crippen LogP contribution in [0, 0.1) is 11.8 Å². The van der Waals surface area contributed by atoms with E-state index in [0.717, 1.165) is 24.8 Å². The van der Waals surface area contributed by atoms with Gasteiger partial charge in [-0.25, -0.2) is 0 Å². The van der Waals surface area contributed by atoms with Crippen molar-refractivity contribution in [1.82, 2.24) is 0 Å². The third-order valence-electron chi connectivity index (χ3n) is 4.52. The maximum atomic E-state index is 11.0. The van der Waals surface area contributed by atoms with Crippen LogP contribution in [-0.4, -0.2) is 30.9 Å². The van der Waals surface area contributed by atoms with Crippen molar-refractivity contribution < 1.29 is 19.4 Å². The van der Waals surface area contributed by atoms with Gasteiger partial charge in [-0.15, -0.1) is 0 Å². The molecule has 0 saturated heterocycles. The molecule has 3 atom stereocenters. The molecule has 0 aromatic heterocycles. The summed E-state index contributed by atoms with van der Waals surface area (Å²) in [5.41, 5.74) is 1.16. The van der Waals surface area contributed by atoms with Crippen LogP contribution in [0.2, 0.25) is 0 Å². The number of benzene rings is 1. The minimum Gasteiger partial charge on any atom is -0.469 e. The Morgan fingerprint density at radius 2 is 2.00 bits per heavy atom. The summed E-state index contributed by atoms with van der Waals surface area (Å²) in [7, 11) is 1.41. The monoisotopic (exact) mass is 344 g/mol. The second kappa shape index (κ2) is 10.9. The highest BCUT2D eigenvalue weighted by Gasteiger charge is 2.29. The fourth-order valence-electron chi connectivity index (χ4n) is 3.01. The van der Waals surface area contributed by atoms with E-state index in [2.05, 4.69) is 23.0 Å². The highest BCUT2D eigenvalue weighted by molar-refractivity contribution is 5.69. The smallest absolute Gasteiger partial charge is 0.305 e. The molecule has 0 amide bonds. The summed E-state index contributed by atoms with van der Waals surface area (Å²) in [6.45, 7) is 1.21. The average Bonchev–Trinajstić information content (AvgIpc) is 2.98. The fourth-order valence-corrected chi connectivity index (χ4v) is 3.01. The number of allylic oxidation sites excluding steroid dienone is 2. The molecule has 0 radical (unpaired) electrons. The minimum absolute atomic E-state index is 0.160. The Kier molecular flexibility index (Phi) is 8.43. The van der Waals surface area contributed by atoms with Gasteiger partial charge in [-0.2, -0.15) is 0 Å². The summed E-state index contributed by atoms with van der Waals surface area (Å²) in [5.74, 6) is 0.227. The van der Waals surface area contributed by atoms with Gasteiger partial charge in [-0.05, 0) is 24.8 Å². The lowest BCUT2D eigenvalue weighted by Crippen LogP contribution is -2.23. The molecule has 4 heteroatoms. The molecule has 1 aliphatic rings. The second-order valence-corrected chi connectivity index (χ2v) is 6.38. The Morgan fingerprint density at radius 3 is 2.76 bits per heavy atom. The summed E-state index contributed by atoms with van der Waals surface area (Å²) >= 11 is 0. The molecule has 0 bridgehead atoms. The summed E-state index contributed by atoms with van der Waals surface area (Å²) in [6, 6.07) is 10.1. The summed E-state index contributed by atoms with van der Waals surface area (Å²) in [5, 5.41) is 10.1. The Hall–Kier alpha value is -1.91. The molecule has 0 saturated carbocycles. The van der Waals surface area contributed by atoms with Crippen LogP contribution in [-0.2, 0) is 20.9 Å². The molecular weight excluding hydrogens is 316 g/mol. The van der Waals surface area contributed by atoms with Crippen molar-refractivity contribution in [2.24, 2.45) is 11.8 Å². The first-order valence-electron chi connectivity index (χ1n) is 8.90. The Labute approximate surface area is 150 Å². The summed E-state index contributed by atoms with van der Waals surface area (Å²) in [4.78, 5) is 11.0. The van der Waals surface area contributed by atoms with Gasteiger partial charge >= 0.3 is 5.97 Å². The molecular formula is C21H28O4. The number of aliphatic hydroxyl groups excluding tert-OH is 1. The normalized spacial score (nSPS) is 22.6. The number of hydrogen-bond acceptors (Lipinski definition) is 4. The van der Waals surface area contributed by atoms with Crippen LogP contribution in [0.25, 0.3) is 0 Å². The standard InChI is InChI=1S/C21H28O4/c1-24-21(23)12-8-3-2-7-11-19-18(13-14-20(19)22)16-25-15-17-9-5-4-6-10-17/h2,4-7,9-10,13-14,18-20,22H,3,8,11-12,15-16H2,1H3/t18-,19-,20+/m1/s1. The average molecular weight is 344 g/mol. The van der Waals surface area contributed by atoms with Crippen LogP contribution in [0.15, 0.2) is 54.6 Å². The maximum absolute atomic E-state index is 11.0. The number of hydrogen-bond donors (Lipinski definition) is 1. The summed E-state index contributed by atoms with van der Waals surface area (Å²) < 4.78 is 10.4. The zero-order valence-corrected chi connectivity index (χ0v) is 14.8. The molecule has 0 heterocycles. The van der Waals surface area contributed by atoms with Crippen molar-refractivity contribution in [3.8, 4) is 0 Å². The van der Waals surface area contributed by atoms with E-state index in [-0.39, 0.29) is 17.8 Å².